The number of benzene rings is 2. The fraction of sp³-hybridized carbons (Fsp3) is 0.125. The van der Waals surface area contributed by atoms with E-state index in [1.165, 1.54) is 25.1 Å². The van der Waals surface area contributed by atoms with E-state index >= 15 is 0 Å². The van der Waals surface area contributed by atoms with Gasteiger partial charge in [-0.2, -0.15) is 0 Å². The summed E-state index contributed by atoms with van der Waals surface area (Å²) in [6, 6.07) is 10.8. The van der Waals surface area contributed by atoms with Crippen LogP contribution in [0.4, 0.5) is 22.7 Å². The van der Waals surface area contributed by atoms with E-state index < -0.39 is 10.8 Å². The summed E-state index contributed by atoms with van der Waals surface area (Å²) in [5.74, 6) is -0.711. The molecule has 0 aromatic heterocycles. The van der Waals surface area contributed by atoms with Crippen molar-refractivity contribution in [2.24, 2.45) is 0 Å². The molecule has 3 N–H and O–H groups in total. The number of nitro benzene ring substituents is 1. The largest absolute Gasteiger partial charge is 0.383 e. The molecule has 0 spiro atoms. The van der Waals surface area contributed by atoms with E-state index in [1.807, 2.05) is 0 Å². The molecule has 0 saturated heterocycles. The summed E-state index contributed by atoms with van der Waals surface area (Å²) < 4.78 is 0. The molecule has 0 unspecified atom stereocenters. The average Bonchev–Trinajstić information content (AvgIpc) is 2.53. The molecule has 8 nitrogen and oxygen atoms in total. The van der Waals surface area contributed by atoms with Crippen LogP contribution in [0.1, 0.15) is 17.3 Å². The van der Waals surface area contributed by atoms with Gasteiger partial charge in [0.05, 0.1) is 4.92 Å². The molecule has 0 heterocycles. The standard InChI is InChI=1S/C16H16N4O4/c1-10(21)18-12-4-3-5-13(9-12)19-16(22)11-6-7-14(17-2)15(8-11)20(23)24/h3-9,17H,1-2H3,(H,18,21)(H,19,22). The third kappa shape index (κ3) is 4.07. The summed E-state index contributed by atoms with van der Waals surface area (Å²) in [5, 5.41) is 19.0. The first-order valence-corrected chi connectivity index (χ1v) is 7.06. The SMILES string of the molecule is CNc1ccc(C(=O)Nc2cccc(NC(C)=O)c2)cc1[N+](=O)[O-]. The molecular formula is C16H16N4O4. The van der Waals surface area contributed by atoms with Crippen LogP contribution in [-0.2, 0) is 4.79 Å². The molecule has 24 heavy (non-hydrogen) atoms. The van der Waals surface area contributed by atoms with E-state index in [0.717, 1.165) is 0 Å². The molecule has 2 aromatic rings. The van der Waals surface area contributed by atoms with Crippen LogP contribution in [0.15, 0.2) is 42.5 Å². The van der Waals surface area contributed by atoms with Crippen LogP contribution in [0.3, 0.4) is 0 Å². The minimum atomic E-state index is -0.556. The van der Waals surface area contributed by atoms with Crippen molar-refractivity contribution in [3.05, 3.63) is 58.1 Å². The number of amides is 2. The topological polar surface area (TPSA) is 113 Å². The first-order valence-electron chi connectivity index (χ1n) is 7.06. The Kier molecular flexibility index (Phi) is 5.10. The number of carbonyl (C=O) groups is 2. The highest BCUT2D eigenvalue weighted by Crippen LogP contribution is 2.25. The Morgan fingerprint density at radius 2 is 1.71 bits per heavy atom. The fourth-order valence-corrected chi connectivity index (χ4v) is 2.12. The zero-order chi connectivity index (χ0) is 17.7. The summed E-state index contributed by atoms with van der Waals surface area (Å²) in [6.45, 7) is 1.38. The zero-order valence-corrected chi connectivity index (χ0v) is 13.1. The third-order valence-electron chi connectivity index (χ3n) is 3.17. The van der Waals surface area contributed by atoms with Crippen LogP contribution in [0.25, 0.3) is 0 Å². The number of carbonyl (C=O) groups excluding carboxylic acids is 2. The van der Waals surface area contributed by atoms with Crippen molar-refractivity contribution in [1.29, 1.82) is 0 Å². The van der Waals surface area contributed by atoms with Crippen molar-refractivity contribution < 1.29 is 14.5 Å². The summed E-state index contributed by atoms with van der Waals surface area (Å²) >= 11 is 0. The van der Waals surface area contributed by atoms with Crippen LogP contribution >= 0.6 is 0 Å². The third-order valence-corrected chi connectivity index (χ3v) is 3.17. The maximum atomic E-state index is 12.3. The van der Waals surface area contributed by atoms with Gasteiger partial charge in [0.2, 0.25) is 5.91 Å². The summed E-state index contributed by atoms with van der Waals surface area (Å²) in [5.41, 5.74) is 1.30. The number of nitrogens with one attached hydrogen (secondary N) is 3. The second kappa shape index (κ2) is 7.23. The van der Waals surface area contributed by atoms with E-state index in [1.54, 1.807) is 31.3 Å². The fourth-order valence-electron chi connectivity index (χ4n) is 2.12. The molecule has 0 atom stereocenters. The molecule has 0 aliphatic rings. The van der Waals surface area contributed by atoms with Gasteiger partial charge in [0.1, 0.15) is 5.69 Å². The van der Waals surface area contributed by atoms with Crippen molar-refractivity contribution in [3.63, 3.8) is 0 Å². The van der Waals surface area contributed by atoms with Crippen LogP contribution in [0, 0.1) is 10.1 Å². The number of nitrogens with zero attached hydrogens (tertiary/aromatic N) is 1. The molecule has 8 heteroatoms. The van der Waals surface area contributed by atoms with Crippen LogP contribution in [0.2, 0.25) is 0 Å². The monoisotopic (exact) mass is 328 g/mol. The lowest BCUT2D eigenvalue weighted by molar-refractivity contribution is -0.384. The molecule has 0 bridgehead atoms. The lowest BCUT2D eigenvalue weighted by atomic mass is 10.1. The normalized spacial score (nSPS) is 9.92. The Hall–Kier alpha value is -3.42. The molecule has 0 saturated carbocycles. The quantitative estimate of drug-likeness (QED) is 0.577. The Labute approximate surface area is 138 Å². The van der Waals surface area contributed by atoms with Crippen LogP contribution < -0.4 is 16.0 Å². The molecule has 0 fully saturated rings. The Morgan fingerprint density at radius 1 is 1.04 bits per heavy atom. The molecule has 2 aromatic carbocycles. The lowest BCUT2D eigenvalue weighted by Crippen LogP contribution is -2.13. The van der Waals surface area contributed by atoms with Crippen LogP contribution in [0.5, 0.6) is 0 Å². The molecule has 0 aliphatic carbocycles. The van der Waals surface area contributed by atoms with Gasteiger partial charge in [-0.1, -0.05) is 6.07 Å². The summed E-state index contributed by atoms with van der Waals surface area (Å²) in [7, 11) is 1.57. The smallest absolute Gasteiger partial charge is 0.293 e. The lowest BCUT2D eigenvalue weighted by Gasteiger charge is -2.09. The van der Waals surface area contributed by atoms with Crippen molar-refractivity contribution in [3.8, 4) is 0 Å². The highest BCUT2D eigenvalue weighted by molar-refractivity contribution is 6.05. The van der Waals surface area contributed by atoms with Crippen molar-refractivity contribution in [1.82, 2.24) is 0 Å². The van der Waals surface area contributed by atoms with E-state index in [-0.39, 0.29) is 17.2 Å². The predicted molar refractivity (Wildman–Crippen MR) is 91.3 cm³/mol. The van der Waals surface area contributed by atoms with Crippen molar-refractivity contribution in [2.45, 2.75) is 6.92 Å². The molecule has 2 rings (SSSR count). The second-order valence-electron chi connectivity index (χ2n) is 4.96. The van der Waals surface area contributed by atoms with Gasteiger partial charge >= 0.3 is 0 Å². The molecule has 0 aliphatic heterocycles. The minimum absolute atomic E-state index is 0.158. The maximum absolute atomic E-state index is 12.3. The van der Waals surface area contributed by atoms with Gasteiger partial charge in [-0.15, -0.1) is 0 Å². The van der Waals surface area contributed by atoms with Gasteiger partial charge in [0, 0.05) is 37.0 Å². The van der Waals surface area contributed by atoms with E-state index in [9.17, 15) is 19.7 Å². The maximum Gasteiger partial charge on any atom is 0.293 e. The second-order valence-corrected chi connectivity index (χ2v) is 4.96. The van der Waals surface area contributed by atoms with E-state index in [0.29, 0.717) is 17.1 Å². The van der Waals surface area contributed by atoms with Crippen LogP contribution in [-0.4, -0.2) is 23.8 Å². The summed E-state index contributed by atoms with van der Waals surface area (Å²) in [4.78, 5) is 33.8. The molecule has 2 amide bonds. The van der Waals surface area contributed by atoms with Gasteiger partial charge in [-0.25, -0.2) is 0 Å². The molecule has 0 radical (unpaired) electrons. The Bertz CT molecular complexity index is 804. The van der Waals surface area contributed by atoms with Gasteiger partial charge in [-0.05, 0) is 30.3 Å². The summed E-state index contributed by atoms with van der Waals surface area (Å²) in [6.07, 6.45) is 0. The van der Waals surface area contributed by atoms with Gasteiger partial charge < -0.3 is 16.0 Å². The number of hydrogen-bond acceptors (Lipinski definition) is 5. The van der Waals surface area contributed by atoms with E-state index in [4.69, 9.17) is 0 Å². The first-order chi connectivity index (χ1) is 11.4. The predicted octanol–water partition coefficient (Wildman–Crippen LogP) is 2.85. The van der Waals surface area contributed by atoms with Gasteiger partial charge in [0.25, 0.3) is 11.6 Å². The van der Waals surface area contributed by atoms with Gasteiger partial charge in [0.15, 0.2) is 0 Å². The number of hydrogen-bond donors (Lipinski definition) is 3. The zero-order valence-electron chi connectivity index (χ0n) is 13.1. The molecule has 124 valence electrons. The van der Waals surface area contributed by atoms with Crippen molar-refractivity contribution in [2.75, 3.05) is 23.0 Å². The highest BCUT2D eigenvalue weighted by atomic mass is 16.6. The average molecular weight is 328 g/mol. The number of nitro groups is 1. The van der Waals surface area contributed by atoms with Gasteiger partial charge in [-0.3, -0.25) is 19.7 Å². The van der Waals surface area contributed by atoms with E-state index in [2.05, 4.69) is 16.0 Å². The number of anilines is 3. The Balaban J connectivity index is 2.22. The van der Waals surface area contributed by atoms with Crippen molar-refractivity contribution >= 4 is 34.6 Å². The minimum Gasteiger partial charge on any atom is -0.383 e. The Morgan fingerprint density at radius 3 is 2.29 bits per heavy atom. The number of rotatable bonds is 5. The highest BCUT2D eigenvalue weighted by Gasteiger charge is 2.17. The molecular weight excluding hydrogens is 312 g/mol. The first kappa shape index (κ1) is 16.9.